The minimum Gasteiger partial charge on any atom is -0.507 e. The molecule has 0 radical (unpaired) electrons. The first-order chi connectivity index (χ1) is 8.55. The summed E-state index contributed by atoms with van der Waals surface area (Å²) in [5.41, 5.74) is -0.581. The lowest BCUT2D eigenvalue weighted by molar-refractivity contribution is -0.147. The summed E-state index contributed by atoms with van der Waals surface area (Å²) < 4.78 is 10.2. The van der Waals surface area contributed by atoms with Gasteiger partial charge in [-0.3, -0.25) is 4.79 Å². The third-order valence-electron chi connectivity index (χ3n) is 3.63. The molecule has 0 bridgehead atoms. The van der Waals surface area contributed by atoms with Gasteiger partial charge in [0, 0.05) is 11.6 Å². The highest BCUT2D eigenvalue weighted by atomic mass is 16.5. The Morgan fingerprint density at radius 3 is 2.17 bits per heavy atom. The molecule has 2 N–H and O–H groups in total. The summed E-state index contributed by atoms with van der Waals surface area (Å²) in [6.45, 7) is 0. The van der Waals surface area contributed by atoms with Crippen molar-refractivity contribution in [1.29, 1.82) is 0 Å². The Kier molecular flexibility index (Phi) is 3.07. The molecule has 1 aromatic carbocycles. The minimum absolute atomic E-state index is 0.0604. The first-order valence-corrected chi connectivity index (χ1v) is 5.74. The van der Waals surface area contributed by atoms with E-state index in [0.29, 0.717) is 29.9 Å². The van der Waals surface area contributed by atoms with E-state index < -0.39 is 11.4 Å². The van der Waals surface area contributed by atoms with Crippen LogP contribution in [0.25, 0.3) is 0 Å². The van der Waals surface area contributed by atoms with Crippen molar-refractivity contribution in [1.82, 2.24) is 0 Å². The lowest BCUT2D eigenvalue weighted by Crippen LogP contribution is -2.42. The number of carboxylic acid groups (broad SMARTS) is 1. The molecule has 0 unspecified atom stereocenters. The predicted octanol–water partition coefficient (Wildman–Crippen LogP) is 1.92. The molecule has 1 aliphatic carbocycles. The predicted molar refractivity (Wildman–Crippen MR) is 64.4 cm³/mol. The van der Waals surface area contributed by atoms with Crippen LogP contribution in [-0.2, 0) is 10.2 Å². The molecule has 1 fully saturated rings. The summed E-state index contributed by atoms with van der Waals surface area (Å²) in [5, 5.41) is 19.4. The van der Waals surface area contributed by atoms with Crippen LogP contribution in [-0.4, -0.2) is 30.4 Å². The second-order valence-corrected chi connectivity index (χ2v) is 4.47. The van der Waals surface area contributed by atoms with Crippen molar-refractivity contribution in [2.75, 3.05) is 14.2 Å². The maximum Gasteiger partial charge on any atom is 0.314 e. The van der Waals surface area contributed by atoms with Gasteiger partial charge in [-0.15, -0.1) is 0 Å². The van der Waals surface area contributed by atoms with E-state index in [4.69, 9.17) is 9.47 Å². The van der Waals surface area contributed by atoms with Gasteiger partial charge in [0.2, 0.25) is 0 Å². The van der Waals surface area contributed by atoms with E-state index in [1.165, 1.54) is 20.3 Å². The number of benzene rings is 1. The Hall–Kier alpha value is -1.91. The maximum atomic E-state index is 11.4. The fraction of sp³-hybridized carbons (Fsp3) is 0.462. The van der Waals surface area contributed by atoms with Crippen LogP contribution in [0.3, 0.4) is 0 Å². The monoisotopic (exact) mass is 252 g/mol. The third kappa shape index (κ3) is 1.66. The van der Waals surface area contributed by atoms with Crippen molar-refractivity contribution < 1.29 is 24.5 Å². The average Bonchev–Trinajstić information content (AvgIpc) is 2.28. The topological polar surface area (TPSA) is 76.0 Å². The molecule has 0 spiro atoms. The van der Waals surface area contributed by atoms with Crippen LogP contribution in [0, 0.1) is 0 Å². The molecule has 1 aromatic rings. The van der Waals surface area contributed by atoms with Crippen LogP contribution in [0.15, 0.2) is 12.1 Å². The summed E-state index contributed by atoms with van der Waals surface area (Å²) in [6.07, 6.45) is 1.91. The van der Waals surface area contributed by atoms with E-state index in [2.05, 4.69) is 0 Å². The van der Waals surface area contributed by atoms with Crippen molar-refractivity contribution in [2.24, 2.45) is 0 Å². The zero-order valence-corrected chi connectivity index (χ0v) is 10.4. The van der Waals surface area contributed by atoms with Gasteiger partial charge >= 0.3 is 5.97 Å². The van der Waals surface area contributed by atoms with Crippen LogP contribution in [0.4, 0.5) is 0 Å². The van der Waals surface area contributed by atoms with E-state index in [0.717, 1.165) is 6.42 Å². The van der Waals surface area contributed by atoms with Crippen LogP contribution < -0.4 is 9.47 Å². The van der Waals surface area contributed by atoms with Crippen molar-refractivity contribution >= 4 is 5.97 Å². The van der Waals surface area contributed by atoms with Gasteiger partial charge in [-0.05, 0) is 18.9 Å². The second kappa shape index (κ2) is 4.40. The van der Waals surface area contributed by atoms with Crippen molar-refractivity contribution in [3.05, 3.63) is 17.7 Å². The molecule has 1 saturated carbocycles. The number of ether oxygens (including phenoxy) is 2. The average molecular weight is 252 g/mol. The van der Waals surface area contributed by atoms with Gasteiger partial charge in [0.1, 0.15) is 5.75 Å². The normalized spacial score (nSPS) is 16.8. The molecule has 0 aliphatic heterocycles. The Bertz CT molecular complexity index is 477. The lowest BCUT2D eigenvalue weighted by Gasteiger charge is -2.38. The highest BCUT2D eigenvalue weighted by Crippen LogP contribution is 2.49. The summed E-state index contributed by atoms with van der Waals surface area (Å²) in [4.78, 5) is 11.4. The molecule has 0 amide bonds. The van der Waals surface area contributed by atoms with Gasteiger partial charge < -0.3 is 19.7 Å². The largest absolute Gasteiger partial charge is 0.507 e. The molecular formula is C13H16O5. The Morgan fingerprint density at radius 2 is 1.78 bits per heavy atom. The molecule has 0 heterocycles. The van der Waals surface area contributed by atoms with Crippen LogP contribution in [0.2, 0.25) is 0 Å². The van der Waals surface area contributed by atoms with Crippen molar-refractivity contribution in [3.8, 4) is 17.2 Å². The van der Waals surface area contributed by atoms with Crippen LogP contribution in [0.1, 0.15) is 24.8 Å². The van der Waals surface area contributed by atoms with Gasteiger partial charge in [0.05, 0.1) is 19.6 Å². The maximum absolute atomic E-state index is 11.4. The number of carbonyl (C=O) groups is 1. The summed E-state index contributed by atoms with van der Waals surface area (Å²) in [5.74, 6) is -0.151. The molecular weight excluding hydrogens is 236 g/mol. The number of aliphatic carboxylic acids is 1. The molecule has 0 saturated heterocycles. The fourth-order valence-corrected chi connectivity index (χ4v) is 2.38. The van der Waals surface area contributed by atoms with Gasteiger partial charge in [-0.25, -0.2) is 0 Å². The number of hydrogen-bond acceptors (Lipinski definition) is 4. The van der Waals surface area contributed by atoms with E-state index in [9.17, 15) is 15.0 Å². The molecule has 0 atom stereocenters. The number of methoxy groups -OCH3 is 2. The van der Waals surface area contributed by atoms with Gasteiger partial charge in [-0.1, -0.05) is 6.42 Å². The second-order valence-electron chi connectivity index (χ2n) is 4.47. The van der Waals surface area contributed by atoms with Crippen molar-refractivity contribution in [3.63, 3.8) is 0 Å². The van der Waals surface area contributed by atoms with Gasteiger partial charge in [0.25, 0.3) is 0 Å². The Balaban J connectivity index is 2.54. The standard InChI is InChI=1S/C13H16O5/c1-17-10-6-8(9(14)7-11(10)18-2)13(12(15)16)4-3-5-13/h6-7,14H,3-5H2,1-2H3,(H,15,16). The smallest absolute Gasteiger partial charge is 0.314 e. The molecule has 1 aliphatic rings. The highest BCUT2D eigenvalue weighted by Gasteiger charge is 2.48. The SMILES string of the molecule is COc1cc(O)c(C2(C(=O)O)CCC2)cc1OC. The number of aromatic hydroxyl groups is 1. The molecule has 98 valence electrons. The van der Waals surface area contributed by atoms with Gasteiger partial charge in [-0.2, -0.15) is 0 Å². The first-order valence-electron chi connectivity index (χ1n) is 5.74. The number of phenols is 1. The Labute approximate surface area is 105 Å². The number of hydrogen-bond donors (Lipinski definition) is 2. The molecule has 2 rings (SSSR count). The van der Waals surface area contributed by atoms with E-state index in [1.54, 1.807) is 6.07 Å². The van der Waals surface area contributed by atoms with E-state index in [-0.39, 0.29) is 5.75 Å². The zero-order valence-electron chi connectivity index (χ0n) is 10.4. The number of rotatable bonds is 4. The molecule has 5 nitrogen and oxygen atoms in total. The van der Waals surface area contributed by atoms with E-state index in [1.807, 2.05) is 0 Å². The van der Waals surface area contributed by atoms with E-state index >= 15 is 0 Å². The summed E-state index contributed by atoms with van der Waals surface area (Å²) >= 11 is 0. The van der Waals surface area contributed by atoms with Gasteiger partial charge in [0.15, 0.2) is 11.5 Å². The fourth-order valence-electron chi connectivity index (χ4n) is 2.38. The third-order valence-corrected chi connectivity index (χ3v) is 3.63. The molecule has 5 heteroatoms. The number of carboxylic acids is 1. The van der Waals surface area contributed by atoms with Crippen LogP contribution >= 0.6 is 0 Å². The Morgan fingerprint density at radius 1 is 1.22 bits per heavy atom. The minimum atomic E-state index is -0.983. The highest BCUT2D eigenvalue weighted by molar-refractivity contribution is 5.84. The quantitative estimate of drug-likeness (QED) is 0.856. The zero-order chi connectivity index (χ0) is 13.3. The summed E-state index contributed by atoms with van der Waals surface area (Å²) in [7, 11) is 2.94. The molecule has 18 heavy (non-hydrogen) atoms. The lowest BCUT2D eigenvalue weighted by atomic mass is 9.64. The number of phenolic OH excluding ortho intramolecular Hbond substituents is 1. The van der Waals surface area contributed by atoms with Crippen LogP contribution in [0.5, 0.6) is 17.2 Å². The van der Waals surface area contributed by atoms with Crippen molar-refractivity contribution in [2.45, 2.75) is 24.7 Å². The molecule has 0 aromatic heterocycles. The first kappa shape index (κ1) is 12.5. The summed E-state index contributed by atoms with van der Waals surface area (Å²) in [6, 6.07) is 2.96.